The van der Waals surface area contributed by atoms with E-state index in [0.717, 1.165) is 32.5 Å². The number of hydrogen-bond acceptors (Lipinski definition) is 7. The Morgan fingerprint density at radius 1 is 1.03 bits per heavy atom. The molecule has 2 aliphatic heterocycles. The average Bonchev–Trinajstić information content (AvgIpc) is 2.74. The molecule has 2 saturated heterocycles. The number of rotatable bonds is 8. The van der Waals surface area contributed by atoms with E-state index in [-0.39, 0.29) is 10.9 Å². The third-order valence-electron chi connectivity index (χ3n) is 5.70. The molecular formula is C19H31N3O6S2. The SMILES string of the molecule is CN(C1CCN(CCOc2ccc(S(=O)(=O)N3CCOCC3)cc2)CC1)S(C)(=O)=O. The number of likely N-dealkylation sites (tertiary alicyclic amines) is 1. The second-order valence-electron chi connectivity index (χ2n) is 7.69. The molecule has 1 aromatic rings. The fourth-order valence-corrected chi connectivity index (χ4v) is 5.87. The molecule has 2 heterocycles. The Morgan fingerprint density at radius 3 is 2.20 bits per heavy atom. The molecule has 0 N–H and O–H groups in total. The summed E-state index contributed by atoms with van der Waals surface area (Å²) in [5.41, 5.74) is 0. The molecule has 2 fully saturated rings. The van der Waals surface area contributed by atoms with Gasteiger partial charge in [-0.25, -0.2) is 21.1 Å². The maximum absolute atomic E-state index is 12.6. The lowest BCUT2D eigenvalue weighted by molar-refractivity contribution is 0.0730. The Hall–Kier alpha value is -1.24. The summed E-state index contributed by atoms with van der Waals surface area (Å²) in [5, 5.41) is 0. The van der Waals surface area contributed by atoms with Gasteiger partial charge in [-0.2, -0.15) is 4.31 Å². The molecule has 3 rings (SSSR count). The van der Waals surface area contributed by atoms with Crippen molar-refractivity contribution in [2.24, 2.45) is 0 Å². The molecule has 0 aromatic heterocycles. The fraction of sp³-hybridized carbons (Fsp3) is 0.684. The number of hydrogen-bond donors (Lipinski definition) is 0. The lowest BCUT2D eigenvalue weighted by Crippen LogP contribution is -2.46. The third-order valence-corrected chi connectivity index (χ3v) is 8.96. The van der Waals surface area contributed by atoms with Crippen LogP contribution in [-0.2, 0) is 24.8 Å². The summed E-state index contributed by atoms with van der Waals surface area (Å²) >= 11 is 0. The lowest BCUT2D eigenvalue weighted by Gasteiger charge is -2.35. The van der Waals surface area contributed by atoms with E-state index in [1.165, 1.54) is 14.9 Å². The van der Waals surface area contributed by atoms with Crippen LogP contribution in [0.5, 0.6) is 5.75 Å². The van der Waals surface area contributed by atoms with E-state index in [4.69, 9.17) is 9.47 Å². The molecule has 0 radical (unpaired) electrons. The minimum absolute atomic E-state index is 0.0538. The number of nitrogens with zero attached hydrogens (tertiary/aromatic N) is 3. The highest BCUT2D eigenvalue weighted by atomic mass is 32.2. The summed E-state index contributed by atoms with van der Waals surface area (Å²) in [5.74, 6) is 0.627. The molecule has 170 valence electrons. The Kier molecular flexibility index (Phi) is 7.75. The zero-order chi connectivity index (χ0) is 21.8. The van der Waals surface area contributed by atoms with Crippen LogP contribution in [0, 0.1) is 0 Å². The molecule has 9 nitrogen and oxygen atoms in total. The Bertz CT molecular complexity index is 891. The van der Waals surface area contributed by atoms with Gasteiger partial charge in [-0.05, 0) is 50.2 Å². The van der Waals surface area contributed by atoms with Gasteiger partial charge < -0.3 is 9.47 Å². The molecule has 11 heteroatoms. The zero-order valence-corrected chi connectivity index (χ0v) is 19.2. The number of benzene rings is 1. The van der Waals surface area contributed by atoms with Gasteiger partial charge in [0.05, 0.1) is 24.4 Å². The third kappa shape index (κ3) is 5.92. The van der Waals surface area contributed by atoms with Crippen molar-refractivity contribution in [2.75, 3.05) is 65.8 Å². The second-order valence-corrected chi connectivity index (χ2v) is 11.7. The molecule has 0 amide bonds. The minimum Gasteiger partial charge on any atom is -0.492 e. The van der Waals surface area contributed by atoms with Gasteiger partial charge in [-0.1, -0.05) is 0 Å². The molecule has 0 atom stereocenters. The van der Waals surface area contributed by atoms with E-state index in [1.54, 1.807) is 31.3 Å². The summed E-state index contributed by atoms with van der Waals surface area (Å²) in [6.07, 6.45) is 2.85. The van der Waals surface area contributed by atoms with Crippen LogP contribution in [0.1, 0.15) is 12.8 Å². The van der Waals surface area contributed by atoms with Crippen LogP contribution < -0.4 is 4.74 Å². The van der Waals surface area contributed by atoms with Crippen molar-refractivity contribution in [1.29, 1.82) is 0 Å². The quantitative estimate of drug-likeness (QED) is 0.554. The second kappa shape index (κ2) is 9.92. The van der Waals surface area contributed by atoms with Gasteiger partial charge in [-0.3, -0.25) is 4.90 Å². The van der Waals surface area contributed by atoms with E-state index in [1.807, 2.05) is 0 Å². The minimum atomic E-state index is -3.50. The summed E-state index contributed by atoms with van der Waals surface area (Å²) in [6, 6.07) is 6.57. The summed E-state index contributed by atoms with van der Waals surface area (Å²) in [6.45, 7) is 4.46. The van der Waals surface area contributed by atoms with Crippen LogP contribution in [0.2, 0.25) is 0 Å². The van der Waals surface area contributed by atoms with E-state index in [9.17, 15) is 16.8 Å². The van der Waals surface area contributed by atoms with Crippen molar-refractivity contribution < 1.29 is 26.3 Å². The van der Waals surface area contributed by atoms with Gasteiger partial charge in [0.1, 0.15) is 12.4 Å². The first-order chi connectivity index (χ1) is 14.2. The first kappa shape index (κ1) is 23.4. The van der Waals surface area contributed by atoms with Crippen LogP contribution in [-0.4, -0.2) is 102 Å². The van der Waals surface area contributed by atoms with Crippen molar-refractivity contribution in [3.63, 3.8) is 0 Å². The standard InChI is InChI=1S/C19H31N3O6S2/c1-20(29(2,23)24)17-7-9-21(10-8-17)11-16-28-18-3-5-19(6-4-18)30(25,26)22-12-14-27-15-13-22/h3-6,17H,7-16H2,1-2H3. The molecule has 0 saturated carbocycles. The van der Waals surface area contributed by atoms with Gasteiger partial charge in [0, 0.05) is 32.7 Å². The smallest absolute Gasteiger partial charge is 0.243 e. The fourth-order valence-electron chi connectivity index (χ4n) is 3.71. The molecule has 1 aromatic carbocycles. The largest absolute Gasteiger partial charge is 0.492 e. The van der Waals surface area contributed by atoms with Crippen molar-refractivity contribution in [2.45, 2.75) is 23.8 Å². The van der Waals surface area contributed by atoms with Gasteiger partial charge >= 0.3 is 0 Å². The summed E-state index contributed by atoms with van der Waals surface area (Å²) in [4.78, 5) is 2.51. The van der Waals surface area contributed by atoms with Crippen molar-refractivity contribution in [3.05, 3.63) is 24.3 Å². The van der Waals surface area contributed by atoms with E-state index in [2.05, 4.69) is 4.90 Å². The molecule has 0 bridgehead atoms. The Labute approximate surface area is 179 Å². The van der Waals surface area contributed by atoms with Gasteiger partial charge in [-0.15, -0.1) is 0 Å². The first-order valence-corrected chi connectivity index (χ1v) is 13.4. The van der Waals surface area contributed by atoms with Crippen LogP contribution in [0.15, 0.2) is 29.2 Å². The highest BCUT2D eigenvalue weighted by Crippen LogP contribution is 2.21. The van der Waals surface area contributed by atoms with E-state index < -0.39 is 20.0 Å². The summed E-state index contributed by atoms with van der Waals surface area (Å²) in [7, 11) is -5.01. The van der Waals surface area contributed by atoms with Crippen LogP contribution >= 0.6 is 0 Å². The topological polar surface area (TPSA) is 96.5 Å². The van der Waals surface area contributed by atoms with Gasteiger partial charge in [0.2, 0.25) is 20.0 Å². The average molecular weight is 462 g/mol. The molecule has 30 heavy (non-hydrogen) atoms. The maximum Gasteiger partial charge on any atom is 0.243 e. The number of piperidine rings is 1. The lowest BCUT2D eigenvalue weighted by atomic mass is 10.1. The zero-order valence-electron chi connectivity index (χ0n) is 17.6. The van der Waals surface area contributed by atoms with Gasteiger partial charge in [0.25, 0.3) is 0 Å². The van der Waals surface area contributed by atoms with E-state index >= 15 is 0 Å². The number of sulfonamides is 2. The van der Waals surface area contributed by atoms with Crippen LogP contribution in [0.3, 0.4) is 0 Å². The monoisotopic (exact) mass is 461 g/mol. The highest BCUT2D eigenvalue weighted by molar-refractivity contribution is 7.89. The maximum atomic E-state index is 12.6. The molecule has 0 aliphatic carbocycles. The number of morpholine rings is 1. The predicted molar refractivity (Wildman–Crippen MR) is 114 cm³/mol. The highest BCUT2D eigenvalue weighted by Gasteiger charge is 2.27. The molecule has 2 aliphatic rings. The first-order valence-electron chi connectivity index (χ1n) is 10.1. The summed E-state index contributed by atoms with van der Waals surface area (Å²) < 4.78 is 62.5. The van der Waals surface area contributed by atoms with Crippen LogP contribution in [0.25, 0.3) is 0 Å². The van der Waals surface area contributed by atoms with Crippen molar-refractivity contribution in [1.82, 2.24) is 13.5 Å². The number of ether oxygens (including phenoxy) is 2. The molecule has 0 unspecified atom stereocenters. The molecular weight excluding hydrogens is 430 g/mol. The van der Waals surface area contributed by atoms with E-state index in [0.29, 0.717) is 38.7 Å². The Morgan fingerprint density at radius 2 is 1.63 bits per heavy atom. The molecule has 0 spiro atoms. The normalized spacial score (nSPS) is 20.5. The van der Waals surface area contributed by atoms with Gasteiger partial charge in [0.15, 0.2) is 0 Å². The Balaban J connectivity index is 1.44. The van der Waals surface area contributed by atoms with Crippen molar-refractivity contribution >= 4 is 20.0 Å². The van der Waals surface area contributed by atoms with Crippen LogP contribution in [0.4, 0.5) is 0 Å². The van der Waals surface area contributed by atoms with Crippen molar-refractivity contribution in [3.8, 4) is 5.75 Å². The predicted octanol–water partition coefficient (Wildman–Crippen LogP) is 0.442.